The molecule has 0 unspecified atom stereocenters. The van der Waals surface area contributed by atoms with Crippen molar-refractivity contribution in [2.75, 3.05) is 0 Å². The zero-order valence-electron chi connectivity index (χ0n) is 12.2. The highest BCUT2D eigenvalue weighted by molar-refractivity contribution is 5.83. The maximum absolute atomic E-state index is 11.9. The van der Waals surface area contributed by atoms with Gasteiger partial charge in [0.15, 0.2) is 0 Å². The SMILES string of the molecule is Cc1cccc(/C=N/NC(=O)Cn2cnc3ccccc32)c1. The maximum atomic E-state index is 11.9. The molecule has 5 nitrogen and oxygen atoms in total. The fraction of sp³-hybridized carbons (Fsp3) is 0.118. The molecule has 110 valence electrons. The molecule has 1 amide bonds. The van der Waals surface area contributed by atoms with Crippen molar-refractivity contribution < 1.29 is 4.79 Å². The quantitative estimate of drug-likeness (QED) is 0.593. The second-order valence-corrected chi connectivity index (χ2v) is 5.07. The van der Waals surface area contributed by atoms with E-state index in [0.717, 1.165) is 22.2 Å². The van der Waals surface area contributed by atoms with Gasteiger partial charge in [0.05, 0.1) is 23.6 Å². The van der Waals surface area contributed by atoms with Gasteiger partial charge in [0.25, 0.3) is 5.91 Å². The molecule has 0 aliphatic heterocycles. The van der Waals surface area contributed by atoms with E-state index in [-0.39, 0.29) is 12.5 Å². The van der Waals surface area contributed by atoms with Gasteiger partial charge in [-0.25, -0.2) is 10.4 Å². The van der Waals surface area contributed by atoms with E-state index >= 15 is 0 Å². The Morgan fingerprint density at radius 1 is 1.27 bits per heavy atom. The van der Waals surface area contributed by atoms with Crippen LogP contribution in [0.25, 0.3) is 11.0 Å². The molecule has 2 aromatic carbocycles. The van der Waals surface area contributed by atoms with Gasteiger partial charge in [-0.1, -0.05) is 42.0 Å². The summed E-state index contributed by atoms with van der Waals surface area (Å²) in [7, 11) is 0. The average Bonchev–Trinajstić information content (AvgIpc) is 2.91. The van der Waals surface area contributed by atoms with Gasteiger partial charge < -0.3 is 4.57 Å². The first-order valence-corrected chi connectivity index (χ1v) is 7.01. The predicted molar refractivity (Wildman–Crippen MR) is 86.6 cm³/mol. The van der Waals surface area contributed by atoms with E-state index in [2.05, 4.69) is 15.5 Å². The minimum atomic E-state index is -0.188. The molecule has 0 saturated heterocycles. The fourth-order valence-electron chi connectivity index (χ4n) is 2.26. The van der Waals surface area contributed by atoms with Gasteiger partial charge in [-0.05, 0) is 24.6 Å². The van der Waals surface area contributed by atoms with Crippen molar-refractivity contribution in [3.63, 3.8) is 0 Å². The summed E-state index contributed by atoms with van der Waals surface area (Å²) < 4.78 is 1.80. The molecule has 0 saturated carbocycles. The molecule has 0 radical (unpaired) electrons. The highest BCUT2D eigenvalue weighted by Gasteiger charge is 2.05. The van der Waals surface area contributed by atoms with E-state index in [4.69, 9.17) is 0 Å². The monoisotopic (exact) mass is 292 g/mol. The smallest absolute Gasteiger partial charge is 0.260 e. The summed E-state index contributed by atoms with van der Waals surface area (Å²) in [5.41, 5.74) is 6.45. The molecule has 1 N–H and O–H groups in total. The normalized spacial score (nSPS) is 11.1. The standard InChI is InChI=1S/C17H16N4O/c1-13-5-4-6-14(9-13)10-19-20-17(22)11-21-12-18-15-7-2-3-8-16(15)21/h2-10,12H,11H2,1H3,(H,20,22)/b19-10+. The molecule has 3 aromatic rings. The third-order valence-electron chi connectivity index (χ3n) is 3.29. The lowest BCUT2D eigenvalue weighted by Gasteiger charge is -2.02. The van der Waals surface area contributed by atoms with Gasteiger partial charge in [0.1, 0.15) is 6.54 Å². The summed E-state index contributed by atoms with van der Waals surface area (Å²) in [6, 6.07) is 15.6. The summed E-state index contributed by atoms with van der Waals surface area (Å²) in [6.07, 6.45) is 3.30. The van der Waals surface area contributed by atoms with Crippen LogP contribution in [0.3, 0.4) is 0 Å². The van der Waals surface area contributed by atoms with E-state index in [1.54, 1.807) is 17.1 Å². The molecular weight excluding hydrogens is 276 g/mol. The first-order chi connectivity index (χ1) is 10.7. The Bertz CT molecular complexity index is 835. The van der Waals surface area contributed by atoms with Crippen molar-refractivity contribution in [2.24, 2.45) is 5.10 Å². The summed E-state index contributed by atoms with van der Waals surface area (Å²) in [5.74, 6) is -0.188. The lowest BCUT2D eigenvalue weighted by atomic mass is 10.2. The van der Waals surface area contributed by atoms with Crippen LogP contribution in [0.5, 0.6) is 0 Å². The highest BCUT2D eigenvalue weighted by atomic mass is 16.2. The van der Waals surface area contributed by atoms with E-state index in [1.165, 1.54) is 0 Å². The van der Waals surface area contributed by atoms with Crippen molar-refractivity contribution in [2.45, 2.75) is 13.5 Å². The van der Waals surface area contributed by atoms with Crippen LogP contribution in [0.15, 0.2) is 60.0 Å². The molecule has 1 heterocycles. The number of hydrazone groups is 1. The molecule has 3 rings (SSSR count). The van der Waals surface area contributed by atoms with Crippen LogP contribution in [0.4, 0.5) is 0 Å². The van der Waals surface area contributed by atoms with Crippen molar-refractivity contribution in [1.82, 2.24) is 15.0 Å². The summed E-state index contributed by atoms with van der Waals surface area (Å²) in [5, 5.41) is 3.98. The zero-order chi connectivity index (χ0) is 15.4. The topological polar surface area (TPSA) is 59.3 Å². The number of para-hydroxylation sites is 2. The van der Waals surface area contributed by atoms with Gasteiger partial charge >= 0.3 is 0 Å². The van der Waals surface area contributed by atoms with Gasteiger partial charge in [-0.15, -0.1) is 0 Å². The Morgan fingerprint density at radius 2 is 2.14 bits per heavy atom. The Balaban J connectivity index is 1.63. The van der Waals surface area contributed by atoms with E-state index in [1.807, 2.05) is 55.5 Å². The van der Waals surface area contributed by atoms with E-state index < -0.39 is 0 Å². The number of hydrogen-bond donors (Lipinski definition) is 1. The van der Waals surface area contributed by atoms with Crippen LogP contribution >= 0.6 is 0 Å². The number of aromatic nitrogens is 2. The molecule has 0 atom stereocenters. The molecule has 0 aliphatic rings. The van der Waals surface area contributed by atoms with Crippen LogP contribution < -0.4 is 5.43 Å². The maximum Gasteiger partial charge on any atom is 0.260 e. The number of nitrogens with one attached hydrogen (secondary N) is 1. The van der Waals surface area contributed by atoms with Gasteiger partial charge in [0, 0.05) is 0 Å². The molecule has 0 fully saturated rings. The number of hydrogen-bond acceptors (Lipinski definition) is 3. The van der Waals surface area contributed by atoms with Crippen molar-refractivity contribution in [3.8, 4) is 0 Å². The van der Waals surface area contributed by atoms with Crippen LogP contribution in [-0.4, -0.2) is 21.7 Å². The fourth-order valence-corrected chi connectivity index (χ4v) is 2.26. The Morgan fingerprint density at radius 3 is 3.00 bits per heavy atom. The number of benzene rings is 2. The lowest BCUT2D eigenvalue weighted by molar-refractivity contribution is -0.121. The first kappa shape index (κ1) is 14.0. The van der Waals surface area contributed by atoms with E-state index in [9.17, 15) is 4.79 Å². The van der Waals surface area contributed by atoms with Crippen LogP contribution in [-0.2, 0) is 11.3 Å². The minimum Gasteiger partial charge on any atom is -0.321 e. The van der Waals surface area contributed by atoms with Crippen molar-refractivity contribution in [1.29, 1.82) is 0 Å². The summed E-state index contributed by atoms with van der Waals surface area (Å²) >= 11 is 0. The number of fused-ring (bicyclic) bond motifs is 1. The molecule has 22 heavy (non-hydrogen) atoms. The summed E-state index contributed by atoms with van der Waals surface area (Å²) in [4.78, 5) is 16.2. The third kappa shape index (κ3) is 3.20. The van der Waals surface area contributed by atoms with Crippen LogP contribution in [0, 0.1) is 6.92 Å². The minimum absolute atomic E-state index is 0.186. The first-order valence-electron chi connectivity index (χ1n) is 7.01. The van der Waals surface area contributed by atoms with Crippen molar-refractivity contribution in [3.05, 3.63) is 66.0 Å². The van der Waals surface area contributed by atoms with Crippen LogP contribution in [0.2, 0.25) is 0 Å². The third-order valence-corrected chi connectivity index (χ3v) is 3.29. The number of amides is 1. The second kappa shape index (κ2) is 6.22. The Labute approximate surface area is 128 Å². The lowest BCUT2D eigenvalue weighted by Crippen LogP contribution is -2.22. The number of carbonyl (C=O) groups is 1. The van der Waals surface area contributed by atoms with Gasteiger partial charge in [-0.2, -0.15) is 5.10 Å². The molecule has 5 heteroatoms. The second-order valence-electron chi connectivity index (χ2n) is 5.07. The van der Waals surface area contributed by atoms with E-state index in [0.29, 0.717) is 0 Å². The molecule has 1 aromatic heterocycles. The van der Waals surface area contributed by atoms with Gasteiger partial charge in [0.2, 0.25) is 0 Å². The van der Waals surface area contributed by atoms with Gasteiger partial charge in [-0.3, -0.25) is 4.79 Å². The molecular formula is C17H16N4O. The highest BCUT2D eigenvalue weighted by Crippen LogP contribution is 2.11. The number of aryl methyl sites for hydroxylation is 1. The molecule has 0 bridgehead atoms. The number of imidazole rings is 1. The number of rotatable bonds is 4. The van der Waals surface area contributed by atoms with Crippen LogP contribution in [0.1, 0.15) is 11.1 Å². The largest absolute Gasteiger partial charge is 0.321 e. The molecule has 0 aliphatic carbocycles. The molecule has 0 spiro atoms. The number of carbonyl (C=O) groups excluding carboxylic acids is 1. The summed E-state index contributed by atoms with van der Waals surface area (Å²) in [6.45, 7) is 2.20. The average molecular weight is 292 g/mol. The van der Waals surface area contributed by atoms with Crippen molar-refractivity contribution >= 4 is 23.2 Å². The number of nitrogens with zero attached hydrogens (tertiary/aromatic N) is 3. The zero-order valence-corrected chi connectivity index (χ0v) is 12.2. The Kier molecular flexibility index (Phi) is 3.96. The Hall–Kier alpha value is -2.95. The predicted octanol–water partition coefficient (Wildman–Crippen LogP) is 2.50.